The predicted octanol–water partition coefficient (Wildman–Crippen LogP) is 1.66. The Balaban J connectivity index is 2.02. The smallest absolute Gasteiger partial charge is 0.308 e. The molecular weight excluding hydrogens is 178 g/mol. The Morgan fingerprint density at radius 1 is 1.64 bits per heavy atom. The van der Waals surface area contributed by atoms with E-state index in [9.17, 15) is 4.79 Å². The molecule has 2 aliphatic carbocycles. The van der Waals surface area contributed by atoms with E-state index >= 15 is 0 Å². The number of fused-ring (bicyclic) bond motifs is 1. The SMILES string of the molecule is COC(=O)C1CC2C=C(C#N)CC2C1. The van der Waals surface area contributed by atoms with Crippen LogP contribution in [0.3, 0.4) is 0 Å². The molecule has 0 N–H and O–H groups in total. The lowest BCUT2D eigenvalue weighted by molar-refractivity contribution is -0.145. The summed E-state index contributed by atoms with van der Waals surface area (Å²) in [5.74, 6) is 0.917. The third-order valence-electron chi connectivity index (χ3n) is 3.32. The molecule has 0 spiro atoms. The molecule has 3 unspecified atom stereocenters. The Hall–Kier alpha value is -1.30. The van der Waals surface area contributed by atoms with Gasteiger partial charge in [0.25, 0.3) is 0 Å². The van der Waals surface area contributed by atoms with Gasteiger partial charge in [-0.05, 0) is 31.1 Å². The van der Waals surface area contributed by atoms with Crippen molar-refractivity contribution in [1.82, 2.24) is 0 Å². The van der Waals surface area contributed by atoms with Crippen molar-refractivity contribution in [2.45, 2.75) is 19.3 Å². The minimum Gasteiger partial charge on any atom is -0.469 e. The molecule has 3 atom stereocenters. The van der Waals surface area contributed by atoms with Crippen molar-refractivity contribution in [2.75, 3.05) is 7.11 Å². The zero-order valence-electron chi connectivity index (χ0n) is 8.19. The Morgan fingerprint density at radius 3 is 3.00 bits per heavy atom. The number of allylic oxidation sites excluding steroid dienone is 2. The highest BCUT2D eigenvalue weighted by Gasteiger charge is 2.40. The van der Waals surface area contributed by atoms with Gasteiger partial charge in [-0.25, -0.2) is 0 Å². The minimum atomic E-state index is -0.0914. The zero-order valence-corrected chi connectivity index (χ0v) is 8.19. The number of esters is 1. The standard InChI is InChI=1S/C11H13NO2/c1-14-11(13)10-4-8-2-7(6-12)3-9(8)5-10/h2,8-10H,3-5H2,1H3. The number of rotatable bonds is 1. The second kappa shape index (κ2) is 3.45. The molecule has 0 aromatic rings. The normalized spacial score (nSPS) is 34.6. The largest absolute Gasteiger partial charge is 0.469 e. The van der Waals surface area contributed by atoms with Gasteiger partial charge in [-0.1, -0.05) is 6.08 Å². The summed E-state index contributed by atoms with van der Waals surface area (Å²) in [5.41, 5.74) is 0.892. The summed E-state index contributed by atoms with van der Waals surface area (Å²) in [6.45, 7) is 0. The molecule has 0 amide bonds. The van der Waals surface area contributed by atoms with Gasteiger partial charge in [-0.2, -0.15) is 5.26 Å². The maximum Gasteiger partial charge on any atom is 0.308 e. The van der Waals surface area contributed by atoms with Gasteiger partial charge in [-0.15, -0.1) is 0 Å². The van der Waals surface area contributed by atoms with Crippen LogP contribution in [-0.2, 0) is 9.53 Å². The number of ether oxygens (including phenoxy) is 1. The number of nitrogens with zero attached hydrogens (tertiary/aromatic N) is 1. The Kier molecular flexibility index (Phi) is 2.28. The Bertz CT molecular complexity index is 327. The van der Waals surface area contributed by atoms with Crippen LogP contribution >= 0.6 is 0 Å². The maximum atomic E-state index is 11.3. The molecule has 0 heterocycles. The first-order valence-corrected chi connectivity index (χ1v) is 4.93. The fourth-order valence-electron chi connectivity index (χ4n) is 2.65. The summed E-state index contributed by atoms with van der Waals surface area (Å²) in [5, 5.41) is 8.73. The van der Waals surface area contributed by atoms with Gasteiger partial charge >= 0.3 is 5.97 Å². The first-order chi connectivity index (χ1) is 6.74. The fourth-order valence-corrected chi connectivity index (χ4v) is 2.65. The highest BCUT2D eigenvalue weighted by atomic mass is 16.5. The van der Waals surface area contributed by atoms with Crippen molar-refractivity contribution in [3.8, 4) is 6.07 Å². The van der Waals surface area contributed by atoms with Crippen LogP contribution in [0.2, 0.25) is 0 Å². The molecule has 1 saturated carbocycles. The fraction of sp³-hybridized carbons (Fsp3) is 0.636. The molecule has 3 nitrogen and oxygen atoms in total. The molecule has 0 saturated heterocycles. The molecule has 0 aliphatic heterocycles. The molecule has 74 valence electrons. The van der Waals surface area contributed by atoms with Crippen LogP contribution < -0.4 is 0 Å². The minimum absolute atomic E-state index is 0.0616. The van der Waals surface area contributed by atoms with Crippen LogP contribution in [-0.4, -0.2) is 13.1 Å². The lowest BCUT2D eigenvalue weighted by Crippen LogP contribution is -2.13. The molecule has 0 aromatic heterocycles. The second-order valence-electron chi connectivity index (χ2n) is 4.12. The van der Waals surface area contributed by atoms with Crippen LogP contribution in [0.15, 0.2) is 11.6 Å². The average Bonchev–Trinajstić information content (AvgIpc) is 2.72. The van der Waals surface area contributed by atoms with Crippen molar-refractivity contribution >= 4 is 5.97 Å². The van der Waals surface area contributed by atoms with Crippen LogP contribution in [0, 0.1) is 29.1 Å². The molecular formula is C11H13NO2. The maximum absolute atomic E-state index is 11.3. The van der Waals surface area contributed by atoms with E-state index in [4.69, 9.17) is 10.00 Å². The van der Waals surface area contributed by atoms with Crippen LogP contribution in [0.4, 0.5) is 0 Å². The summed E-state index contributed by atoms with van der Waals surface area (Å²) >= 11 is 0. The molecule has 1 fully saturated rings. The average molecular weight is 191 g/mol. The van der Waals surface area contributed by atoms with Crippen molar-refractivity contribution in [2.24, 2.45) is 17.8 Å². The number of hydrogen-bond acceptors (Lipinski definition) is 3. The van der Waals surface area contributed by atoms with Crippen LogP contribution in [0.1, 0.15) is 19.3 Å². The molecule has 0 bridgehead atoms. The summed E-state index contributed by atoms with van der Waals surface area (Å²) in [6.07, 6.45) is 4.64. The number of hydrogen-bond donors (Lipinski definition) is 0. The highest BCUT2D eigenvalue weighted by molar-refractivity contribution is 5.72. The topological polar surface area (TPSA) is 50.1 Å². The van der Waals surface area contributed by atoms with Crippen molar-refractivity contribution in [3.63, 3.8) is 0 Å². The van der Waals surface area contributed by atoms with E-state index in [-0.39, 0.29) is 11.9 Å². The second-order valence-corrected chi connectivity index (χ2v) is 4.12. The Morgan fingerprint density at radius 2 is 2.43 bits per heavy atom. The summed E-state index contributed by atoms with van der Waals surface area (Å²) in [7, 11) is 1.44. The van der Waals surface area contributed by atoms with Crippen LogP contribution in [0.25, 0.3) is 0 Å². The van der Waals surface area contributed by atoms with Gasteiger partial charge in [0, 0.05) is 5.57 Å². The van der Waals surface area contributed by atoms with E-state index < -0.39 is 0 Å². The number of carbonyl (C=O) groups excluding carboxylic acids is 1. The van der Waals surface area contributed by atoms with E-state index in [0.717, 1.165) is 24.8 Å². The molecule has 14 heavy (non-hydrogen) atoms. The first kappa shape index (κ1) is 9.26. The molecule has 3 heteroatoms. The van der Waals surface area contributed by atoms with Crippen molar-refractivity contribution in [1.29, 1.82) is 5.26 Å². The third-order valence-corrected chi connectivity index (χ3v) is 3.32. The lowest BCUT2D eigenvalue weighted by atomic mass is 9.99. The van der Waals surface area contributed by atoms with E-state index in [2.05, 4.69) is 6.07 Å². The van der Waals surface area contributed by atoms with Crippen LogP contribution in [0.5, 0.6) is 0 Å². The quantitative estimate of drug-likeness (QED) is 0.592. The predicted molar refractivity (Wildman–Crippen MR) is 50.0 cm³/mol. The summed E-state index contributed by atoms with van der Waals surface area (Å²) < 4.78 is 4.73. The number of methoxy groups -OCH3 is 1. The summed E-state index contributed by atoms with van der Waals surface area (Å²) in [6, 6.07) is 2.20. The van der Waals surface area contributed by atoms with Gasteiger partial charge in [0.2, 0.25) is 0 Å². The summed E-state index contributed by atoms with van der Waals surface area (Å²) in [4.78, 5) is 11.3. The van der Waals surface area contributed by atoms with E-state index in [1.165, 1.54) is 7.11 Å². The zero-order chi connectivity index (χ0) is 10.1. The Labute approximate surface area is 83.4 Å². The van der Waals surface area contributed by atoms with E-state index in [1.54, 1.807) is 0 Å². The van der Waals surface area contributed by atoms with Crippen molar-refractivity contribution < 1.29 is 9.53 Å². The van der Waals surface area contributed by atoms with E-state index in [1.807, 2.05) is 6.08 Å². The van der Waals surface area contributed by atoms with Gasteiger partial charge in [0.1, 0.15) is 0 Å². The molecule has 0 radical (unpaired) electrons. The monoisotopic (exact) mass is 191 g/mol. The lowest BCUT2D eigenvalue weighted by Gasteiger charge is -2.06. The van der Waals surface area contributed by atoms with Gasteiger partial charge < -0.3 is 4.74 Å². The van der Waals surface area contributed by atoms with Gasteiger partial charge in [0.05, 0.1) is 19.1 Å². The highest BCUT2D eigenvalue weighted by Crippen LogP contribution is 2.45. The third kappa shape index (κ3) is 1.41. The van der Waals surface area contributed by atoms with Crippen molar-refractivity contribution in [3.05, 3.63) is 11.6 Å². The number of carbonyl (C=O) groups is 1. The van der Waals surface area contributed by atoms with Gasteiger partial charge in [0.15, 0.2) is 0 Å². The van der Waals surface area contributed by atoms with E-state index in [0.29, 0.717) is 11.8 Å². The van der Waals surface area contributed by atoms with Gasteiger partial charge in [-0.3, -0.25) is 4.79 Å². The molecule has 0 aromatic carbocycles. The molecule has 2 aliphatic rings. The molecule has 2 rings (SSSR count). The first-order valence-electron chi connectivity index (χ1n) is 4.93. The number of nitriles is 1.